The number of hydrogen-bond acceptors (Lipinski definition) is 0. The Hall–Kier alpha value is -4.30. The number of aromatic nitrogens is 2. The van der Waals surface area contributed by atoms with Crippen molar-refractivity contribution < 1.29 is 0 Å². The third kappa shape index (κ3) is 2.49. The average Bonchev–Trinajstić information content (AvgIpc) is 3.38. The van der Waals surface area contributed by atoms with Gasteiger partial charge in [0.2, 0.25) is 0 Å². The van der Waals surface area contributed by atoms with Gasteiger partial charge in [-0.05, 0) is 23.8 Å². The summed E-state index contributed by atoms with van der Waals surface area (Å²) < 4.78 is 4.82. The van der Waals surface area contributed by atoms with Crippen LogP contribution in [0.3, 0.4) is 0 Å². The monoisotopic (exact) mass is 422 g/mol. The fourth-order valence-electron chi connectivity index (χ4n) is 5.49. The maximum Gasteiger partial charge on any atom is 0.0785 e. The third-order valence-electron chi connectivity index (χ3n) is 6.91. The van der Waals surface area contributed by atoms with Crippen molar-refractivity contribution in [1.29, 1.82) is 0 Å². The number of benzene rings is 5. The Labute approximate surface area is 191 Å². The zero-order valence-electron chi connectivity index (χ0n) is 18.4. The minimum atomic E-state index is 1.18. The molecule has 2 heteroatoms. The SMILES string of the molecule is Cn1c2ccccc2c2ccc3c4cccc(-c5ccccc5)c4n(-c4ccccc4)c3c21. The van der Waals surface area contributed by atoms with Gasteiger partial charge in [-0.3, -0.25) is 0 Å². The van der Waals surface area contributed by atoms with Crippen LogP contribution in [0, 0.1) is 0 Å². The van der Waals surface area contributed by atoms with Crippen LogP contribution in [0.5, 0.6) is 0 Å². The summed E-state index contributed by atoms with van der Waals surface area (Å²) in [7, 11) is 2.19. The Balaban J connectivity index is 1.78. The first kappa shape index (κ1) is 18.3. The van der Waals surface area contributed by atoms with Crippen molar-refractivity contribution in [2.75, 3.05) is 0 Å². The number of rotatable bonds is 2. The predicted molar refractivity (Wildman–Crippen MR) is 140 cm³/mol. The van der Waals surface area contributed by atoms with Gasteiger partial charge < -0.3 is 9.13 Å². The molecule has 0 fully saturated rings. The molecular weight excluding hydrogens is 400 g/mol. The van der Waals surface area contributed by atoms with Crippen LogP contribution in [0.2, 0.25) is 0 Å². The molecule has 156 valence electrons. The molecule has 0 radical (unpaired) electrons. The molecule has 0 N–H and O–H groups in total. The van der Waals surface area contributed by atoms with E-state index >= 15 is 0 Å². The van der Waals surface area contributed by atoms with E-state index < -0.39 is 0 Å². The van der Waals surface area contributed by atoms with E-state index in [1.54, 1.807) is 0 Å². The average molecular weight is 423 g/mol. The lowest BCUT2D eigenvalue weighted by atomic mass is 10.0. The summed E-state index contributed by atoms with van der Waals surface area (Å²) in [4.78, 5) is 0. The largest absolute Gasteiger partial charge is 0.342 e. The second-order valence-corrected chi connectivity index (χ2v) is 8.67. The van der Waals surface area contributed by atoms with Gasteiger partial charge in [0.15, 0.2) is 0 Å². The molecule has 0 aliphatic heterocycles. The van der Waals surface area contributed by atoms with E-state index in [1.165, 1.54) is 60.4 Å². The molecule has 2 nitrogen and oxygen atoms in total. The fraction of sp³-hybridized carbons (Fsp3) is 0.0323. The molecule has 0 aliphatic carbocycles. The summed E-state index contributed by atoms with van der Waals surface area (Å²) in [6, 6.07) is 41.5. The summed E-state index contributed by atoms with van der Waals surface area (Å²) in [5.41, 5.74) is 8.70. The molecule has 2 heterocycles. The number of nitrogens with zero attached hydrogens (tertiary/aromatic N) is 2. The molecule has 0 amide bonds. The first-order chi connectivity index (χ1) is 16.3. The molecule has 7 aromatic rings. The first-order valence-electron chi connectivity index (χ1n) is 11.4. The second-order valence-electron chi connectivity index (χ2n) is 8.67. The molecule has 2 aromatic heterocycles. The van der Waals surface area contributed by atoms with Crippen molar-refractivity contribution in [1.82, 2.24) is 9.13 Å². The minimum Gasteiger partial charge on any atom is -0.342 e. The third-order valence-corrected chi connectivity index (χ3v) is 6.91. The Morgan fingerprint density at radius 3 is 1.85 bits per heavy atom. The molecule has 7 rings (SSSR count). The Bertz CT molecular complexity index is 1800. The molecule has 0 saturated carbocycles. The van der Waals surface area contributed by atoms with E-state index in [0.717, 1.165) is 0 Å². The van der Waals surface area contributed by atoms with E-state index in [4.69, 9.17) is 0 Å². The van der Waals surface area contributed by atoms with Crippen LogP contribution < -0.4 is 0 Å². The van der Waals surface area contributed by atoms with Crippen LogP contribution in [0.1, 0.15) is 0 Å². The van der Waals surface area contributed by atoms with Gasteiger partial charge >= 0.3 is 0 Å². The molecule has 0 atom stereocenters. The highest BCUT2D eigenvalue weighted by Gasteiger charge is 2.21. The van der Waals surface area contributed by atoms with Gasteiger partial charge in [0.05, 0.1) is 16.6 Å². The summed E-state index contributed by atoms with van der Waals surface area (Å²) in [6.07, 6.45) is 0. The molecular formula is C31H22N2. The van der Waals surface area contributed by atoms with E-state index in [9.17, 15) is 0 Å². The van der Waals surface area contributed by atoms with E-state index in [0.29, 0.717) is 0 Å². The highest BCUT2D eigenvalue weighted by Crippen LogP contribution is 2.42. The zero-order chi connectivity index (χ0) is 21.9. The smallest absolute Gasteiger partial charge is 0.0785 e. The molecule has 0 unspecified atom stereocenters. The topological polar surface area (TPSA) is 9.86 Å². The first-order valence-corrected chi connectivity index (χ1v) is 11.4. The van der Waals surface area contributed by atoms with Gasteiger partial charge in [0.1, 0.15) is 0 Å². The summed E-state index contributed by atoms with van der Waals surface area (Å²) in [5.74, 6) is 0. The van der Waals surface area contributed by atoms with E-state index in [1.807, 2.05) is 0 Å². The van der Waals surface area contributed by atoms with Crippen molar-refractivity contribution in [3.05, 3.63) is 115 Å². The molecule has 5 aromatic carbocycles. The van der Waals surface area contributed by atoms with Gasteiger partial charge in [-0.1, -0.05) is 97.1 Å². The highest BCUT2D eigenvalue weighted by atomic mass is 15.0. The molecule has 0 saturated heterocycles. The lowest BCUT2D eigenvalue weighted by molar-refractivity contribution is 1.01. The standard InChI is InChI=1S/C31H22N2/c1-32-28-18-9-8-15-24(28)26-19-20-27-25-17-10-16-23(21-11-4-2-5-12-21)29(25)33(31(27)30(26)32)22-13-6-3-7-14-22/h2-20H,1H3. The zero-order valence-corrected chi connectivity index (χ0v) is 18.4. The lowest BCUT2D eigenvalue weighted by Gasteiger charge is -2.12. The van der Waals surface area contributed by atoms with E-state index in [2.05, 4.69) is 131 Å². The molecule has 0 bridgehead atoms. The van der Waals surface area contributed by atoms with Crippen LogP contribution in [-0.2, 0) is 7.05 Å². The lowest BCUT2D eigenvalue weighted by Crippen LogP contribution is -1.97. The van der Waals surface area contributed by atoms with Crippen molar-refractivity contribution >= 4 is 43.6 Å². The Morgan fingerprint density at radius 2 is 1.06 bits per heavy atom. The molecule has 0 aliphatic rings. The van der Waals surface area contributed by atoms with Gasteiger partial charge in [-0.25, -0.2) is 0 Å². The summed E-state index contributed by atoms with van der Waals surface area (Å²) >= 11 is 0. The van der Waals surface area contributed by atoms with Crippen molar-refractivity contribution in [3.8, 4) is 16.8 Å². The van der Waals surface area contributed by atoms with Gasteiger partial charge in [0.25, 0.3) is 0 Å². The van der Waals surface area contributed by atoms with Gasteiger partial charge in [0, 0.05) is 45.4 Å². The Kier molecular flexibility index (Phi) is 3.80. The van der Waals surface area contributed by atoms with Gasteiger partial charge in [-0.15, -0.1) is 0 Å². The molecule has 0 spiro atoms. The van der Waals surface area contributed by atoms with Crippen LogP contribution in [-0.4, -0.2) is 9.13 Å². The molecule has 33 heavy (non-hydrogen) atoms. The number of para-hydroxylation sites is 3. The second kappa shape index (κ2) is 6.85. The quantitative estimate of drug-likeness (QED) is 0.266. The number of aryl methyl sites for hydroxylation is 1. The van der Waals surface area contributed by atoms with Crippen LogP contribution in [0.15, 0.2) is 115 Å². The van der Waals surface area contributed by atoms with E-state index in [-0.39, 0.29) is 0 Å². The predicted octanol–water partition coefficient (Wildman–Crippen LogP) is 8.10. The van der Waals surface area contributed by atoms with Crippen LogP contribution >= 0.6 is 0 Å². The van der Waals surface area contributed by atoms with Crippen LogP contribution in [0.4, 0.5) is 0 Å². The number of hydrogen-bond donors (Lipinski definition) is 0. The summed E-state index contributed by atoms with van der Waals surface area (Å²) in [5, 5.41) is 5.15. The van der Waals surface area contributed by atoms with Crippen molar-refractivity contribution in [2.45, 2.75) is 0 Å². The van der Waals surface area contributed by atoms with Crippen molar-refractivity contribution in [2.24, 2.45) is 7.05 Å². The minimum absolute atomic E-state index is 1.18. The maximum atomic E-state index is 2.47. The number of fused-ring (bicyclic) bond motifs is 7. The highest BCUT2D eigenvalue weighted by molar-refractivity contribution is 6.24. The fourth-order valence-corrected chi connectivity index (χ4v) is 5.49. The summed E-state index contributed by atoms with van der Waals surface area (Å²) in [6.45, 7) is 0. The normalized spacial score (nSPS) is 11.8. The van der Waals surface area contributed by atoms with Gasteiger partial charge in [-0.2, -0.15) is 0 Å². The Morgan fingerprint density at radius 1 is 0.455 bits per heavy atom. The van der Waals surface area contributed by atoms with Crippen LogP contribution in [0.25, 0.3) is 60.4 Å². The van der Waals surface area contributed by atoms with Crippen molar-refractivity contribution in [3.63, 3.8) is 0 Å². The maximum absolute atomic E-state index is 2.47.